The van der Waals surface area contributed by atoms with Crippen LogP contribution in [-0.4, -0.2) is 0 Å². The number of halogens is 11. The van der Waals surface area contributed by atoms with Crippen molar-refractivity contribution in [2.75, 3.05) is 0 Å². The van der Waals surface area contributed by atoms with Crippen LogP contribution in [0, 0.1) is 0 Å². The van der Waals surface area contributed by atoms with Gasteiger partial charge in [0.1, 0.15) is 0 Å². The van der Waals surface area contributed by atoms with E-state index >= 15 is 0 Å². The van der Waals surface area contributed by atoms with Crippen molar-refractivity contribution in [2.45, 2.75) is 0 Å². The smallest absolute Gasteiger partial charge is 0.147 e. The molecule has 12 heavy (non-hydrogen) atoms. The van der Waals surface area contributed by atoms with Crippen molar-refractivity contribution in [2.24, 2.45) is 0 Å². The number of hydrogen-bond donors (Lipinski definition) is 1. The molecular weight excluding hydrogens is 404 g/mol. The summed E-state index contributed by atoms with van der Waals surface area (Å²) >= 11 is 0. The lowest BCUT2D eigenvalue weighted by Crippen LogP contribution is -0.481. The first-order valence-corrected chi connectivity index (χ1v) is 0. The first-order valence-electron chi connectivity index (χ1n) is 0. The third kappa shape index (κ3) is 196. The van der Waals surface area contributed by atoms with Gasteiger partial charge in [-0.2, -0.15) is 0 Å². The molecule has 0 aromatic rings. The highest BCUT2D eigenvalue weighted by Gasteiger charge is -0.137. The van der Waals surface area contributed by atoms with Crippen LogP contribution in [0.4, 0.5) is 0 Å². The fourth-order valence-corrected chi connectivity index (χ4v) is 0. The highest BCUT2D eigenvalue weighted by atomic mass is 35.5. The monoisotopic (exact) mass is 413 g/mol. The molecule has 0 unspecified atom stereocenters. The van der Waals surface area contributed by atoms with Crippen LogP contribution in [0.15, 0.2) is 0 Å². The Bertz CT molecular complexity index is 4.97. The van der Waals surface area contributed by atoms with Gasteiger partial charge in [0.2, 0.25) is 0 Å². The van der Waals surface area contributed by atoms with Crippen LogP contribution in [0.3, 0.4) is 0 Å². The molecule has 0 aliphatic carbocycles. The molecule has 0 aliphatic rings. The van der Waals surface area contributed by atoms with Gasteiger partial charge in [0, 0.05) is 0 Å². The zero-order chi connectivity index (χ0) is 0. The Morgan fingerprint density at radius 3 is 0.167 bits per heavy atom. The molecular formula is H14Cl11N. The van der Waals surface area contributed by atoms with E-state index in [0.29, 0.717) is 0 Å². The van der Waals surface area contributed by atoms with Crippen molar-refractivity contribution in [1.29, 1.82) is 0 Å². The molecule has 0 aromatic heterocycles. The molecule has 3 N–H and O–H groups in total. The van der Waals surface area contributed by atoms with Gasteiger partial charge in [-0.05, 0) is 0 Å². The largest absolute Gasteiger partial charge is 0.344 e. The maximum absolute atomic E-state index is 0. The molecule has 0 amide bonds. The summed E-state index contributed by atoms with van der Waals surface area (Å²) in [4.78, 5) is 0. The van der Waals surface area contributed by atoms with Crippen molar-refractivity contribution in [3.8, 4) is 0 Å². The average molecular weight is 418 g/mol. The standard InChI is InChI=1S/11ClH.H3N/h11*1H;1H3. The Kier molecular flexibility index (Phi) is 6280. The average Bonchev–Trinajstić information content (AvgIpc) is 0. The predicted molar refractivity (Wildman–Crippen MR) is 84.8 cm³/mol. The molecule has 1 nitrogen and oxygen atoms in total. The fourth-order valence-electron chi connectivity index (χ4n) is 0. The maximum Gasteiger partial charge on any atom is -0.147 e. The zero-order valence-corrected chi connectivity index (χ0v) is 14.2. The topological polar surface area (TPSA) is 35.0 Å². The molecule has 96 valence electrons. The van der Waals surface area contributed by atoms with E-state index in [4.69, 9.17) is 0 Å². The van der Waals surface area contributed by atoms with Crippen molar-refractivity contribution in [3.63, 3.8) is 0 Å². The van der Waals surface area contributed by atoms with Crippen LogP contribution in [0.2, 0.25) is 0 Å². The zero-order valence-electron chi connectivity index (χ0n) is 5.20. The van der Waals surface area contributed by atoms with Crippen LogP contribution in [-0.2, 0) is 0 Å². The third-order valence-corrected chi connectivity index (χ3v) is 0. The molecule has 0 bridgehead atoms. The van der Waals surface area contributed by atoms with Gasteiger partial charge >= 0.3 is 0 Å². The molecule has 12 heteroatoms. The van der Waals surface area contributed by atoms with Gasteiger partial charge in [0.05, 0.1) is 0 Å². The van der Waals surface area contributed by atoms with E-state index in [9.17, 15) is 0 Å². The lowest BCUT2D eigenvalue weighted by Gasteiger charge is -0.344. The van der Waals surface area contributed by atoms with Crippen LogP contribution >= 0.6 is 136 Å². The summed E-state index contributed by atoms with van der Waals surface area (Å²) in [6, 6.07) is 0. The minimum Gasteiger partial charge on any atom is -0.344 e. The van der Waals surface area contributed by atoms with E-state index in [0.717, 1.165) is 0 Å². The van der Waals surface area contributed by atoms with Gasteiger partial charge in [-0.25, -0.2) is 0 Å². The quantitative estimate of drug-likeness (QED) is 0.603. The van der Waals surface area contributed by atoms with E-state index < -0.39 is 0 Å². The van der Waals surface area contributed by atoms with E-state index in [-0.39, 0.29) is 143 Å². The molecule has 0 saturated carbocycles. The molecule has 0 aliphatic heterocycles. The second kappa shape index (κ2) is 247. The summed E-state index contributed by atoms with van der Waals surface area (Å²) in [6.45, 7) is 0. The lowest BCUT2D eigenvalue weighted by molar-refractivity contribution is 2.13. The van der Waals surface area contributed by atoms with Crippen molar-refractivity contribution < 1.29 is 0 Å². The molecule has 0 saturated heterocycles. The number of hydrogen-bond acceptors (Lipinski definition) is 1. The second-order valence-corrected chi connectivity index (χ2v) is 0. The van der Waals surface area contributed by atoms with Crippen LogP contribution < -0.4 is 6.15 Å². The van der Waals surface area contributed by atoms with Crippen molar-refractivity contribution in [1.82, 2.24) is 6.15 Å². The Balaban J connectivity index is 0. The molecule has 0 rings (SSSR count). The molecule has 0 heterocycles. The van der Waals surface area contributed by atoms with Gasteiger partial charge in [0.25, 0.3) is 0 Å². The Hall–Kier alpha value is 3.15. The summed E-state index contributed by atoms with van der Waals surface area (Å²) in [6.07, 6.45) is 0. The lowest BCUT2D eigenvalue weighted by atomic mass is 14.0. The Morgan fingerprint density at radius 2 is 0.167 bits per heavy atom. The molecule has 0 radical (unpaired) electrons. The first kappa shape index (κ1) is 306. The molecule has 0 spiro atoms. The van der Waals surface area contributed by atoms with Gasteiger partial charge in [-0.3, -0.25) is 0 Å². The minimum atomic E-state index is 0. The highest BCUT2D eigenvalue weighted by molar-refractivity contribution is 5.86. The highest BCUT2D eigenvalue weighted by Crippen LogP contribution is 0.700. The Labute approximate surface area is 141 Å². The molecule has 0 aromatic carbocycles. The minimum absolute atomic E-state index is 0. The molecule has 0 atom stereocenters. The Morgan fingerprint density at radius 1 is 0.167 bits per heavy atom. The third-order valence-electron chi connectivity index (χ3n) is 0. The first-order chi connectivity index (χ1) is 0. The normalized spacial score (nSPS) is 0. The van der Waals surface area contributed by atoms with E-state index in [2.05, 4.69) is 0 Å². The summed E-state index contributed by atoms with van der Waals surface area (Å²) in [5.74, 6) is 0. The van der Waals surface area contributed by atoms with Crippen LogP contribution in [0.5, 0.6) is 0 Å². The summed E-state index contributed by atoms with van der Waals surface area (Å²) < 4.78 is 0. The van der Waals surface area contributed by atoms with Crippen LogP contribution in [0.1, 0.15) is 0 Å². The van der Waals surface area contributed by atoms with E-state index in [1.807, 2.05) is 0 Å². The van der Waals surface area contributed by atoms with Crippen molar-refractivity contribution >= 4 is 136 Å². The van der Waals surface area contributed by atoms with Crippen molar-refractivity contribution in [3.05, 3.63) is 0 Å². The summed E-state index contributed by atoms with van der Waals surface area (Å²) in [5.41, 5.74) is 0. The van der Waals surface area contributed by atoms with Gasteiger partial charge in [-0.1, -0.05) is 0 Å². The molecule has 0 fully saturated rings. The van der Waals surface area contributed by atoms with E-state index in [1.165, 1.54) is 0 Å². The van der Waals surface area contributed by atoms with Gasteiger partial charge < -0.3 is 6.15 Å². The fraction of sp³-hybridized carbons (Fsp3) is 0. The van der Waals surface area contributed by atoms with E-state index in [1.54, 1.807) is 0 Å². The van der Waals surface area contributed by atoms with Crippen LogP contribution in [0.25, 0.3) is 0 Å². The number of rotatable bonds is 0. The SMILES string of the molecule is Cl.Cl.Cl.Cl.Cl.Cl.Cl.Cl.Cl.Cl.Cl.N. The second-order valence-electron chi connectivity index (χ2n) is 0. The maximum atomic E-state index is 0. The van der Waals surface area contributed by atoms with Gasteiger partial charge in [-0.15, -0.1) is 136 Å². The van der Waals surface area contributed by atoms with Gasteiger partial charge in [0.15, 0.2) is 0 Å². The predicted octanol–water partition coefficient (Wildman–Crippen LogP) is 4.80. The summed E-state index contributed by atoms with van der Waals surface area (Å²) in [7, 11) is 0. The summed E-state index contributed by atoms with van der Waals surface area (Å²) in [5, 5.41) is 0.